The van der Waals surface area contributed by atoms with Crippen LogP contribution in [0.4, 0.5) is 8.78 Å². The van der Waals surface area contributed by atoms with Crippen molar-refractivity contribution in [2.45, 2.75) is 12.3 Å². The molecular formula is C10H9BrF2O3. The highest BCUT2D eigenvalue weighted by Crippen LogP contribution is 2.29. The summed E-state index contributed by atoms with van der Waals surface area (Å²) < 4.78 is 31.5. The molecule has 1 rings (SSSR count). The molecule has 0 aliphatic rings. The lowest BCUT2D eigenvalue weighted by molar-refractivity contribution is -0.164. The maximum atomic E-state index is 13.0. The van der Waals surface area contributed by atoms with Crippen LogP contribution in [-0.4, -0.2) is 24.1 Å². The first-order valence-corrected chi connectivity index (χ1v) is 5.10. The predicted octanol–water partition coefficient (Wildman–Crippen LogP) is 2.72. The number of ether oxygens (including phenoxy) is 1. The summed E-state index contributed by atoms with van der Waals surface area (Å²) in [7, 11) is 1.34. The third-order valence-electron chi connectivity index (χ3n) is 1.97. The lowest BCUT2D eigenvalue weighted by Gasteiger charge is -2.14. The molecule has 0 amide bonds. The van der Waals surface area contributed by atoms with Crippen LogP contribution in [0.1, 0.15) is 5.56 Å². The third kappa shape index (κ3) is 2.91. The Morgan fingerprint density at radius 2 is 2.19 bits per heavy atom. The normalized spacial score (nSPS) is 11.2. The lowest BCUT2D eigenvalue weighted by Crippen LogP contribution is -2.30. The molecule has 0 unspecified atom stereocenters. The highest BCUT2D eigenvalue weighted by Gasteiger charge is 2.39. The molecular weight excluding hydrogens is 286 g/mol. The average Bonchev–Trinajstić information content (AvgIpc) is 2.17. The van der Waals surface area contributed by atoms with Gasteiger partial charge >= 0.3 is 11.9 Å². The Hall–Kier alpha value is -1.17. The van der Waals surface area contributed by atoms with Crippen molar-refractivity contribution in [3.05, 3.63) is 28.2 Å². The van der Waals surface area contributed by atoms with E-state index in [4.69, 9.17) is 9.84 Å². The van der Waals surface area contributed by atoms with Crippen LogP contribution >= 0.6 is 15.9 Å². The highest BCUT2D eigenvalue weighted by atomic mass is 79.9. The minimum atomic E-state index is -3.80. The number of aliphatic carboxylic acids is 1. The molecule has 1 N–H and O–H groups in total. The number of rotatable bonds is 4. The molecule has 3 nitrogen and oxygen atoms in total. The molecule has 1 aromatic rings. The summed E-state index contributed by atoms with van der Waals surface area (Å²) >= 11 is 3.12. The molecule has 6 heteroatoms. The molecule has 0 aromatic heterocycles. The molecule has 1 aromatic carbocycles. The van der Waals surface area contributed by atoms with E-state index >= 15 is 0 Å². The van der Waals surface area contributed by atoms with E-state index in [9.17, 15) is 13.6 Å². The second kappa shape index (κ2) is 4.78. The van der Waals surface area contributed by atoms with Gasteiger partial charge in [0, 0.05) is 10.0 Å². The number of halogens is 3. The van der Waals surface area contributed by atoms with Crippen molar-refractivity contribution in [2.24, 2.45) is 0 Å². The SMILES string of the molecule is COc1ccc(Br)cc1CC(F)(F)C(=O)O. The van der Waals surface area contributed by atoms with Gasteiger partial charge in [0.2, 0.25) is 0 Å². The van der Waals surface area contributed by atoms with Crippen molar-refractivity contribution >= 4 is 21.9 Å². The molecule has 0 fully saturated rings. The maximum Gasteiger partial charge on any atom is 0.374 e. The molecule has 16 heavy (non-hydrogen) atoms. The summed E-state index contributed by atoms with van der Waals surface area (Å²) in [6.45, 7) is 0. The van der Waals surface area contributed by atoms with Crippen LogP contribution in [0.2, 0.25) is 0 Å². The van der Waals surface area contributed by atoms with Crippen LogP contribution in [0, 0.1) is 0 Å². The fourth-order valence-electron chi connectivity index (χ4n) is 1.20. The van der Waals surface area contributed by atoms with E-state index in [2.05, 4.69) is 15.9 Å². The van der Waals surface area contributed by atoms with E-state index in [-0.39, 0.29) is 11.3 Å². The summed E-state index contributed by atoms with van der Waals surface area (Å²) in [5.41, 5.74) is 0.143. The van der Waals surface area contributed by atoms with E-state index in [0.717, 1.165) is 0 Å². The zero-order chi connectivity index (χ0) is 12.3. The van der Waals surface area contributed by atoms with E-state index < -0.39 is 18.3 Å². The monoisotopic (exact) mass is 294 g/mol. The van der Waals surface area contributed by atoms with Crippen molar-refractivity contribution in [2.75, 3.05) is 7.11 Å². The second-order valence-electron chi connectivity index (χ2n) is 3.14. The molecule has 88 valence electrons. The van der Waals surface area contributed by atoms with Gasteiger partial charge in [-0.25, -0.2) is 4.79 Å². The molecule has 0 spiro atoms. The van der Waals surface area contributed by atoms with E-state index in [0.29, 0.717) is 4.47 Å². The van der Waals surface area contributed by atoms with Crippen LogP contribution in [0.5, 0.6) is 5.75 Å². The minimum absolute atomic E-state index is 0.143. The van der Waals surface area contributed by atoms with Gasteiger partial charge in [0.1, 0.15) is 5.75 Å². The zero-order valence-corrected chi connectivity index (χ0v) is 9.92. The summed E-state index contributed by atoms with van der Waals surface area (Å²) in [4.78, 5) is 10.3. The summed E-state index contributed by atoms with van der Waals surface area (Å²) in [6.07, 6.45) is -0.898. The average molecular weight is 295 g/mol. The van der Waals surface area contributed by atoms with Gasteiger partial charge in [0.25, 0.3) is 0 Å². The van der Waals surface area contributed by atoms with Gasteiger partial charge in [-0.1, -0.05) is 15.9 Å². The number of methoxy groups -OCH3 is 1. The number of alkyl halides is 2. The number of carboxylic acid groups (broad SMARTS) is 1. The Morgan fingerprint density at radius 1 is 1.56 bits per heavy atom. The van der Waals surface area contributed by atoms with E-state index in [1.54, 1.807) is 6.07 Å². The zero-order valence-electron chi connectivity index (χ0n) is 8.34. The first-order valence-electron chi connectivity index (χ1n) is 4.30. The third-order valence-corrected chi connectivity index (χ3v) is 2.46. The molecule has 0 saturated carbocycles. The smallest absolute Gasteiger partial charge is 0.374 e. The van der Waals surface area contributed by atoms with Crippen molar-refractivity contribution in [1.29, 1.82) is 0 Å². The van der Waals surface area contributed by atoms with Crippen LogP contribution in [-0.2, 0) is 11.2 Å². The topological polar surface area (TPSA) is 46.5 Å². The Bertz CT molecular complexity index is 407. The summed E-state index contributed by atoms with van der Waals surface area (Å²) in [5.74, 6) is -5.70. The summed E-state index contributed by atoms with van der Waals surface area (Å²) in [6, 6.07) is 4.54. The largest absolute Gasteiger partial charge is 0.496 e. The molecule has 0 saturated heterocycles. The van der Waals surface area contributed by atoms with Gasteiger partial charge < -0.3 is 9.84 Å². The standard InChI is InChI=1S/C10H9BrF2O3/c1-16-8-3-2-7(11)4-6(8)5-10(12,13)9(14)15/h2-4H,5H2,1H3,(H,14,15). The van der Waals surface area contributed by atoms with Crippen LogP contribution in [0.15, 0.2) is 22.7 Å². The fourth-order valence-corrected chi connectivity index (χ4v) is 1.61. The van der Waals surface area contributed by atoms with Gasteiger partial charge in [0.15, 0.2) is 0 Å². The lowest BCUT2D eigenvalue weighted by atomic mass is 10.1. The quantitative estimate of drug-likeness (QED) is 0.929. The number of hydrogen-bond acceptors (Lipinski definition) is 2. The van der Waals surface area contributed by atoms with Gasteiger partial charge in [-0.15, -0.1) is 0 Å². The van der Waals surface area contributed by atoms with E-state index in [1.165, 1.54) is 19.2 Å². The highest BCUT2D eigenvalue weighted by molar-refractivity contribution is 9.10. The maximum absolute atomic E-state index is 13.0. The van der Waals surface area contributed by atoms with Gasteiger partial charge in [-0.3, -0.25) is 0 Å². The first-order chi connectivity index (χ1) is 7.36. The van der Waals surface area contributed by atoms with Crippen molar-refractivity contribution in [3.8, 4) is 5.75 Å². The van der Waals surface area contributed by atoms with Gasteiger partial charge in [0.05, 0.1) is 13.5 Å². The number of hydrogen-bond donors (Lipinski definition) is 1. The van der Waals surface area contributed by atoms with Crippen LogP contribution < -0.4 is 4.74 Å². The van der Waals surface area contributed by atoms with Crippen LogP contribution in [0.25, 0.3) is 0 Å². The predicted molar refractivity (Wildman–Crippen MR) is 57.0 cm³/mol. The van der Waals surface area contributed by atoms with Crippen molar-refractivity contribution in [1.82, 2.24) is 0 Å². The number of benzene rings is 1. The Kier molecular flexibility index (Phi) is 3.85. The molecule has 0 aliphatic heterocycles. The Labute approximate surface area is 99.2 Å². The molecule has 0 heterocycles. The molecule has 0 bridgehead atoms. The fraction of sp³-hybridized carbons (Fsp3) is 0.300. The molecule has 0 radical (unpaired) electrons. The van der Waals surface area contributed by atoms with Crippen molar-refractivity contribution < 1.29 is 23.4 Å². The minimum Gasteiger partial charge on any atom is -0.496 e. The van der Waals surface area contributed by atoms with Gasteiger partial charge in [-0.05, 0) is 18.2 Å². The number of carbonyl (C=O) groups is 1. The first kappa shape index (κ1) is 12.9. The Morgan fingerprint density at radius 3 is 2.69 bits per heavy atom. The molecule has 0 aliphatic carbocycles. The molecule has 0 atom stereocenters. The number of carboxylic acids is 1. The van der Waals surface area contributed by atoms with Crippen molar-refractivity contribution in [3.63, 3.8) is 0 Å². The van der Waals surface area contributed by atoms with E-state index in [1.807, 2.05) is 0 Å². The second-order valence-corrected chi connectivity index (χ2v) is 4.06. The Balaban J connectivity index is 3.04. The summed E-state index contributed by atoms with van der Waals surface area (Å²) in [5, 5.41) is 8.33. The van der Waals surface area contributed by atoms with Gasteiger partial charge in [-0.2, -0.15) is 8.78 Å². The van der Waals surface area contributed by atoms with Crippen LogP contribution in [0.3, 0.4) is 0 Å².